The third-order valence-electron chi connectivity index (χ3n) is 3.41. The Kier molecular flexibility index (Phi) is 3.83. The lowest BCUT2D eigenvalue weighted by Gasteiger charge is -2.25. The fourth-order valence-corrected chi connectivity index (χ4v) is 2.27. The molecular weight excluding hydrogens is 266 g/mol. The zero-order chi connectivity index (χ0) is 14.7. The minimum atomic E-state index is -0.0516. The molecule has 0 saturated heterocycles. The number of methoxy groups -OCH3 is 1. The van der Waals surface area contributed by atoms with Crippen LogP contribution >= 0.6 is 0 Å². The first-order valence-electron chi connectivity index (χ1n) is 6.78. The highest BCUT2D eigenvalue weighted by Gasteiger charge is 2.22. The maximum atomic E-state index is 5.81. The first kappa shape index (κ1) is 13.6. The zero-order valence-corrected chi connectivity index (χ0v) is 12.1. The summed E-state index contributed by atoms with van der Waals surface area (Å²) in [7, 11) is 3.61. The molecule has 0 fully saturated rings. The summed E-state index contributed by atoms with van der Waals surface area (Å²) in [4.78, 5) is 10.9. The van der Waals surface area contributed by atoms with Crippen molar-refractivity contribution in [3.63, 3.8) is 0 Å². The van der Waals surface area contributed by atoms with E-state index < -0.39 is 0 Å². The van der Waals surface area contributed by atoms with E-state index in [1.165, 1.54) is 0 Å². The Morgan fingerprint density at radius 1 is 1.19 bits per heavy atom. The second kappa shape index (κ2) is 5.93. The molecule has 0 spiro atoms. The topological polar surface area (TPSA) is 51.4 Å². The van der Waals surface area contributed by atoms with E-state index in [2.05, 4.69) is 9.97 Å². The van der Waals surface area contributed by atoms with E-state index in [1.54, 1.807) is 13.3 Å². The second-order valence-corrected chi connectivity index (χ2v) is 4.80. The molecule has 5 heteroatoms. The molecular formula is C16H17N3O2. The van der Waals surface area contributed by atoms with Gasteiger partial charge < -0.3 is 14.1 Å². The summed E-state index contributed by atoms with van der Waals surface area (Å²) in [6.45, 7) is 0.506. The molecule has 0 N–H and O–H groups in total. The molecule has 1 aromatic carbocycles. The van der Waals surface area contributed by atoms with Gasteiger partial charge in [0.15, 0.2) is 5.58 Å². The van der Waals surface area contributed by atoms with Crippen molar-refractivity contribution >= 4 is 17.1 Å². The Hall–Kier alpha value is -2.40. The molecule has 0 bridgehead atoms. The minimum Gasteiger partial charge on any atom is -0.423 e. The maximum Gasteiger partial charge on any atom is 0.298 e. The van der Waals surface area contributed by atoms with Crippen LogP contribution in [0.3, 0.4) is 0 Å². The summed E-state index contributed by atoms with van der Waals surface area (Å²) in [5.41, 5.74) is 2.54. The minimum absolute atomic E-state index is 0.0516. The van der Waals surface area contributed by atoms with Crippen molar-refractivity contribution in [3.05, 3.63) is 54.4 Å². The Bertz CT molecular complexity index is 679. The van der Waals surface area contributed by atoms with Crippen LogP contribution in [0.25, 0.3) is 11.1 Å². The molecule has 2 aromatic heterocycles. The van der Waals surface area contributed by atoms with Gasteiger partial charge in [-0.2, -0.15) is 4.98 Å². The van der Waals surface area contributed by atoms with Crippen molar-refractivity contribution in [3.8, 4) is 0 Å². The van der Waals surface area contributed by atoms with Crippen LogP contribution < -0.4 is 4.90 Å². The third-order valence-corrected chi connectivity index (χ3v) is 3.41. The largest absolute Gasteiger partial charge is 0.423 e. The van der Waals surface area contributed by atoms with Crippen LogP contribution in [0.15, 0.2) is 53.1 Å². The van der Waals surface area contributed by atoms with Gasteiger partial charge in [-0.15, -0.1) is 0 Å². The van der Waals surface area contributed by atoms with E-state index in [4.69, 9.17) is 9.15 Å². The summed E-state index contributed by atoms with van der Waals surface area (Å²) in [6, 6.07) is 14.1. The van der Waals surface area contributed by atoms with Crippen molar-refractivity contribution in [1.29, 1.82) is 0 Å². The number of fused-ring (bicyclic) bond motifs is 1. The van der Waals surface area contributed by atoms with Gasteiger partial charge >= 0.3 is 0 Å². The van der Waals surface area contributed by atoms with Crippen LogP contribution in [-0.4, -0.2) is 30.7 Å². The number of hydrogen-bond donors (Lipinski definition) is 0. The lowest BCUT2D eigenvalue weighted by atomic mass is 10.2. The summed E-state index contributed by atoms with van der Waals surface area (Å²) in [6.07, 6.45) is 1.78. The average Bonchev–Trinajstić information content (AvgIpc) is 2.97. The third kappa shape index (κ3) is 2.73. The molecule has 108 valence electrons. The summed E-state index contributed by atoms with van der Waals surface area (Å²) in [5, 5.41) is 0. The average molecular weight is 283 g/mol. The quantitative estimate of drug-likeness (QED) is 0.720. The van der Waals surface area contributed by atoms with E-state index in [0.717, 1.165) is 16.8 Å². The molecule has 3 aromatic rings. The van der Waals surface area contributed by atoms with Gasteiger partial charge in [-0.1, -0.05) is 18.2 Å². The van der Waals surface area contributed by atoms with E-state index in [0.29, 0.717) is 12.6 Å². The van der Waals surface area contributed by atoms with Gasteiger partial charge in [0.1, 0.15) is 5.52 Å². The molecule has 0 radical (unpaired) electrons. The molecule has 21 heavy (non-hydrogen) atoms. The van der Waals surface area contributed by atoms with Crippen molar-refractivity contribution in [2.24, 2.45) is 0 Å². The molecule has 0 saturated carbocycles. The van der Waals surface area contributed by atoms with Crippen LogP contribution in [0.5, 0.6) is 0 Å². The molecule has 3 rings (SSSR count). The number of nitrogens with zero attached hydrogens (tertiary/aromatic N) is 3. The standard InChI is InChI=1S/C16H17N3O2/c1-19(14(11-20-2)12-7-5-6-10-17-12)16-18-13-8-3-4-9-15(13)21-16/h3-10,14H,11H2,1-2H3. The first-order valence-corrected chi connectivity index (χ1v) is 6.78. The summed E-state index contributed by atoms with van der Waals surface area (Å²) >= 11 is 0. The molecule has 0 aliphatic carbocycles. The number of likely N-dealkylation sites (N-methyl/N-ethyl adjacent to an activating group) is 1. The van der Waals surface area contributed by atoms with Gasteiger partial charge in [-0.05, 0) is 24.3 Å². The van der Waals surface area contributed by atoms with Gasteiger partial charge in [0.25, 0.3) is 6.01 Å². The highest BCUT2D eigenvalue weighted by atomic mass is 16.5. The smallest absolute Gasteiger partial charge is 0.298 e. The van der Waals surface area contributed by atoms with Crippen LogP contribution in [0.4, 0.5) is 6.01 Å². The van der Waals surface area contributed by atoms with Gasteiger partial charge in [-0.25, -0.2) is 0 Å². The number of aromatic nitrogens is 2. The number of rotatable bonds is 5. The molecule has 1 unspecified atom stereocenters. The van der Waals surface area contributed by atoms with Gasteiger partial charge in [0, 0.05) is 20.4 Å². The molecule has 1 atom stereocenters. The first-order chi connectivity index (χ1) is 10.3. The van der Waals surface area contributed by atoms with E-state index >= 15 is 0 Å². The van der Waals surface area contributed by atoms with Crippen molar-refractivity contribution in [1.82, 2.24) is 9.97 Å². The lowest BCUT2D eigenvalue weighted by Crippen LogP contribution is -2.28. The van der Waals surface area contributed by atoms with Crippen LogP contribution in [0.1, 0.15) is 11.7 Å². The number of para-hydroxylation sites is 2. The molecule has 5 nitrogen and oxygen atoms in total. The number of anilines is 1. The highest BCUT2D eigenvalue weighted by molar-refractivity contribution is 5.74. The molecule has 0 aliphatic heterocycles. The Balaban J connectivity index is 1.95. The second-order valence-electron chi connectivity index (χ2n) is 4.80. The lowest BCUT2D eigenvalue weighted by molar-refractivity contribution is 0.176. The number of benzene rings is 1. The Labute approximate surface area is 123 Å². The van der Waals surface area contributed by atoms with Crippen molar-refractivity contribution < 1.29 is 9.15 Å². The molecule has 2 heterocycles. The fraction of sp³-hybridized carbons (Fsp3) is 0.250. The van der Waals surface area contributed by atoms with Crippen LogP contribution in [0.2, 0.25) is 0 Å². The van der Waals surface area contributed by atoms with E-state index in [9.17, 15) is 0 Å². The number of oxazole rings is 1. The van der Waals surface area contributed by atoms with Crippen molar-refractivity contribution in [2.45, 2.75) is 6.04 Å². The van der Waals surface area contributed by atoms with Crippen LogP contribution in [-0.2, 0) is 4.74 Å². The summed E-state index contributed by atoms with van der Waals surface area (Å²) in [5.74, 6) is 0. The highest BCUT2D eigenvalue weighted by Crippen LogP contribution is 2.27. The van der Waals surface area contributed by atoms with Gasteiger partial charge in [-0.3, -0.25) is 4.98 Å². The predicted octanol–water partition coefficient (Wildman–Crippen LogP) is 3.05. The summed E-state index contributed by atoms with van der Waals surface area (Å²) < 4.78 is 11.1. The zero-order valence-electron chi connectivity index (χ0n) is 12.1. The van der Waals surface area contributed by atoms with Crippen molar-refractivity contribution in [2.75, 3.05) is 25.7 Å². The Morgan fingerprint density at radius 2 is 2.00 bits per heavy atom. The SMILES string of the molecule is COCC(c1ccccn1)N(C)c1nc2ccccc2o1. The number of hydrogen-bond acceptors (Lipinski definition) is 5. The fourth-order valence-electron chi connectivity index (χ4n) is 2.27. The predicted molar refractivity (Wildman–Crippen MR) is 81.3 cm³/mol. The number of pyridine rings is 1. The van der Waals surface area contributed by atoms with Crippen LogP contribution in [0, 0.1) is 0 Å². The molecule has 0 aliphatic rings. The maximum absolute atomic E-state index is 5.81. The Morgan fingerprint density at radius 3 is 2.71 bits per heavy atom. The van der Waals surface area contributed by atoms with E-state index in [1.807, 2.05) is 54.4 Å². The van der Waals surface area contributed by atoms with Gasteiger partial charge in [0.05, 0.1) is 18.3 Å². The van der Waals surface area contributed by atoms with E-state index in [-0.39, 0.29) is 6.04 Å². The monoisotopic (exact) mass is 283 g/mol. The normalized spacial score (nSPS) is 12.5. The molecule has 0 amide bonds. The van der Waals surface area contributed by atoms with Gasteiger partial charge in [0.2, 0.25) is 0 Å². The number of ether oxygens (including phenoxy) is 1.